The van der Waals surface area contributed by atoms with Crippen molar-refractivity contribution < 1.29 is 4.79 Å². The van der Waals surface area contributed by atoms with Crippen LogP contribution in [0.1, 0.15) is 32.5 Å². The smallest absolute Gasteiger partial charge is 0.220 e. The first-order chi connectivity index (χ1) is 8.51. The average Bonchev–Trinajstić information content (AvgIpc) is 2.71. The molecule has 102 valence electrons. The van der Waals surface area contributed by atoms with Gasteiger partial charge < -0.3 is 11.1 Å². The van der Waals surface area contributed by atoms with Gasteiger partial charge in [-0.25, -0.2) is 4.98 Å². The molecule has 0 aliphatic carbocycles. The molecule has 0 saturated heterocycles. The lowest BCUT2D eigenvalue weighted by Crippen LogP contribution is -2.28. The molecule has 0 spiro atoms. The van der Waals surface area contributed by atoms with E-state index >= 15 is 0 Å². The van der Waals surface area contributed by atoms with Crippen molar-refractivity contribution in [3.63, 3.8) is 0 Å². The number of aromatic nitrogens is 3. The van der Waals surface area contributed by atoms with Crippen LogP contribution in [0.25, 0.3) is 0 Å². The highest BCUT2D eigenvalue weighted by Gasteiger charge is 2.14. The molecular formula is C12H23N5O. The largest absolute Gasteiger partial charge is 0.349 e. The Kier molecular flexibility index (Phi) is 5.77. The fourth-order valence-corrected chi connectivity index (χ4v) is 1.91. The second kappa shape index (κ2) is 7.10. The minimum absolute atomic E-state index is 0.0125. The molecule has 6 heteroatoms. The Hall–Kier alpha value is -1.43. The Labute approximate surface area is 108 Å². The number of carbonyl (C=O) groups is 1. The van der Waals surface area contributed by atoms with E-state index in [0.29, 0.717) is 31.3 Å². The summed E-state index contributed by atoms with van der Waals surface area (Å²) in [5, 5.41) is 6.91. The van der Waals surface area contributed by atoms with Gasteiger partial charge in [-0.2, -0.15) is 5.10 Å². The Morgan fingerprint density at radius 2 is 2.28 bits per heavy atom. The Morgan fingerprint density at radius 3 is 2.78 bits per heavy atom. The molecular weight excluding hydrogens is 230 g/mol. The maximum Gasteiger partial charge on any atom is 0.220 e. The van der Waals surface area contributed by atoms with Gasteiger partial charge in [-0.05, 0) is 24.8 Å². The molecule has 0 aliphatic rings. The van der Waals surface area contributed by atoms with Gasteiger partial charge >= 0.3 is 0 Å². The molecule has 1 heterocycles. The molecule has 1 atom stereocenters. The molecule has 0 bridgehead atoms. The molecule has 0 radical (unpaired) electrons. The summed E-state index contributed by atoms with van der Waals surface area (Å²) in [5.41, 5.74) is 5.67. The fourth-order valence-electron chi connectivity index (χ4n) is 1.91. The number of nitrogens with zero attached hydrogens (tertiary/aromatic N) is 3. The van der Waals surface area contributed by atoms with Gasteiger partial charge in [0.25, 0.3) is 0 Å². The molecule has 3 N–H and O–H groups in total. The second-order valence-electron chi connectivity index (χ2n) is 5.05. The van der Waals surface area contributed by atoms with Crippen LogP contribution in [-0.4, -0.2) is 27.2 Å². The van der Waals surface area contributed by atoms with E-state index in [0.717, 1.165) is 6.42 Å². The molecule has 0 aromatic carbocycles. The van der Waals surface area contributed by atoms with E-state index in [1.807, 2.05) is 0 Å². The molecule has 0 unspecified atom stereocenters. The molecule has 0 fully saturated rings. The normalized spacial score (nSPS) is 12.7. The summed E-state index contributed by atoms with van der Waals surface area (Å²) in [7, 11) is 1.80. The molecule has 1 aromatic rings. The van der Waals surface area contributed by atoms with Crippen LogP contribution >= 0.6 is 0 Å². The minimum Gasteiger partial charge on any atom is -0.349 e. The van der Waals surface area contributed by atoms with E-state index in [-0.39, 0.29) is 11.8 Å². The Bertz CT molecular complexity index is 374. The highest BCUT2D eigenvalue weighted by Crippen LogP contribution is 2.13. The van der Waals surface area contributed by atoms with Crippen LogP contribution in [0.3, 0.4) is 0 Å². The van der Waals surface area contributed by atoms with Crippen LogP contribution in [0.5, 0.6) is 0 Å². The van der Waals surface area contributed by atoms with E-state index in [1.165, 1.54) is 0 Å². The van der Waals surface area contributed by atoms with E-state index in [9.17, 15) is 4.79 Å². The number of hydrogen-bond acceptors (Lipinski definition) is 4. The lowest BCUT2D eigenvalue weighted by atomic mass is 9.94. The third-order valence-corrected chi connectivity index (χ3v) is 2.70. The SMILES string of the molecule is CC(C)C[C@H](CN)CC(=O)NCc1ncn(C)n1. The summed E-state index contributed by atoms with van der Waals surface area (Å²) in [6.45, 7) is 5.20. The zero-order chi connectivity index (χ0) is 13.5. The van der Waals surface area contributed by atoms with Gasteiger partial charge in [-0.1, -0.05) is 13.8 Å². The average molecular weight is 253 g/mol. The highest BCUT2D eigenvalue weighted by molar-refractivity contribution is 5.76. The predicted molar refractivity (Wildman–Crippen MR) is 69.5 cm³/mol. The number of nitrogens with two attached hydrogens (primary N) is 1. The standard InChI is InChI=1S/C12H23N5O/c1-9(2)4-10(6-13)5-12(18)14-7-11-15-8-17(3)16-11/h8-10H,4-7,13H2,1-3H3,(H,14,18)/t10-/m0/s1. The fraction of sp³-hybridized carbons (Fsp3) is 0.750. The van der Waals surface area contributed by atoms with Gasteiger partial charge in [0.2, 0.25) is 5.91 Å². The third-order valence-electron chi connectivity index (χ3n) is 2.70. The summed E-state index contributed by atoms with van der Waals surface area (Å²) in [5.74, 6) is 1.45. The monoisotopic (exact) mass is 253 g/mol. The van der Waals surface area contributed by atoms with Gasteiger partial charge in [-0.3, -0.25) is 9.48 Å². The Balaban J connectivity index is 2.32. The molecule has 0 saturated carbocycles. The van der Waals surface area contributed by atoms with Crippen molar-refractivity contribution in [2.24, 2.45) is 24.6 Å². The van der Waals surface area contributed by atoms with Gasteiger partial charge in [0, 0.05) is 13.5 Å². The summed E-state index contributed by atoms with van der Waals surface area (Å²) >= 11 is 0. The first-order valence-corrected chi connectivity index (χ1v) is 6.32. The predicted octanol–water partition coefficient (Wildman–Crippen LogP) is 0.442. The van der Waals surface area contributed by atoms with Crippen molar-refractivity contribution in [1.82, 2.24) is 20.1 Å². The number of nitrogens with one attached hydrogen (secondary N) is 1. The van der Waals surface area contributed by atoms with Gasteiger partial charge in [0.05, 0.1) is 6.54 Å². The first-order valence-electron chi connectivity index (χ1n) is 6.32. The maximum atomic E-state index is 11.7. The van der Waals surface area contributed by atoms with Crippen LogP contribution in [0.2, 0.25) is 0 Å². The zero-order valence-electron chi connectivity index (χ0n) is 11.4. The highest BCUT2D eigenvalue weighted by atomic mass is 16.1. The molecule has 1 amide bonds. The van der Waals surface area contributed by atoms with Crippen LogP contribution in [0.15, 0.2) is 6.33 Å². The van der Waals surface area contributed by atoms with Crippen LogP contribution in [-0.2, 0) is 18.4 Å². The number of hydrogen-bond donors (Lipinski definition) is 2. The quantitative estimate of drug-likeness (QED) is 0.738. The van der Waals surface area contributed by atoms with Gasteiger partial charge in [0.15, 0.2) is 5.82 Å². The zero-order valence-corrected chi connectivity index (χ0v) is 11.4. The second-order valence-corrected chi connectivity index (χ2v) is 5.05. The van der Waals surface area contributed by atoms with Crippen LogP contribution in [0, 0.1) is 11.8 Å². The molecule has 6 nitrogen and oxygen atoms in total. The van der Waals surface area contributed by atoms with Crippen molar-refractivity contribution in [2.45, 2.75) is 33.2 Å². The van der Waals surface area contributed by atoms with E-state index in [4.69, 9.17) is 5.73 Å². The van der Waals surface area contributed by atoms with Gasteiger partial charge in [-0.15, -0.1) is 0 Å². The molecule has 0 aliphatic heterocycles. The van der Waals surface area contributed by atoms with E-state index in [2.05, 4.69) is 29.2 Å². The van der Waals surface area contributed by atoms with E-state index in [1.54, 1.807) is 18.1 Å². The van der Waals surface area contributed by atoms with E-state index < -0.39 is 0 Å². The van der Waals surface area contributed by atoms with Crippen molar-refractivity contribution in [3.05, 3.63) is 12.2 Å². The molecule has 1 rings (SSSR count). The summed E-state index contributed by atoms with van der Waals surface area (Å²) in [6, 6.07) is 0. The number of aryl methyl sites for hydroxylation is 1. The lowest BCUT2D eigenvalue weighted by molar-refractivity contribution is -0.122. The molecule has 18 heavy (non-hydrogen) atoms. The minimum atomic E-state index is 0.0125. The van der Waals surface area contributed by atoms with Crippen molar-refractivity contribution in [3.8, 4) is 0 Å². The topological polar surface area (TPSA) is 85.8 Å². The lowest BCUT2D eigenvalue weighted by Gasteiger charge is -2.16. The van der Waals surface area contributed by atoms with Crippen molar-refractivity contribution in [1.29, 1.82) is 0 Å². The third kappa shape index (κ3) is 5.27. The first kappa shape index (κ1) is 14.6. The van der Waals surface area contributed by atoms with Gasteiger partial charge in [0.1, 0.15) is 6.33 Å². The summed E-state index contributed by atoms with van der Waals surface area (Å²) in [4.78, 5) is 15.8. The summed E-state index contributed by atoms with van der Waals surface area (Å²) in [6.07, 6.45) is 3.07. The van der Waals surface area contributed by atoms with Crippen molar-refractivity contribution in [2.75, 3.05) is 6.54 Å². The Morgan fingerprint density at radius 1 is 1.56 bits per heavy atom. The molecule has 1 aromatic heterocycles. The number of rotatable bonds is 7. The summed E-state index contributed by atoms with van der Waals surface area (Å²) < 4.78 is 1.61. The van der Waals surface area contributed by atoms with Crippen molar-refractivity contribution >= 4 is 5.91 Å². The number of carbonyl (C=O) groups excluding carboxylic acids is 1. The van der Waals surface area contributed by atoms with Crippen LogP contribution < -0.4 is 11.1 Å². The maximum absolute atomic E-state index is 11.7. The number of amides is 1. The van der Waals surface area contributed by atoms with Crippen LogP contribution in [0.4, 0.5) is 0 Å².